The maximum atomic E-state index is 13.0. The van der Waals surface area contributed by atoms with Gasteiger partial charge in [0.2, 0.25) is 11.7 Å². The number of amides is 2. The van der Waals surface area contributed by atoms with Crippen molar-refractivity contribution in [1.82, 2.24) is 0 Å². The van der Waals surface area contributed by atoms with Gasteiger partial charge in [0.1, 0.15) is 13.2 Å². The lowest BCUT2D eigenvalue weighted by molar-refractivity contribution is -0.111. The number of methoxy groups -OCH3 is 1. The fourth-order valence-electron chi connectivity index (χ4n) is 4.15. The van der Waals surface area contributed by atoms with Crippen LogP contribution < -0.4 is 24.4 Å². The lowest BCUT2D eigenvalue weighted by Gasteiger charge is -2.20. The Morgan fingerprint density at radius 2 is 1.82 bits per heavy atom. The van der Waals surface area contributed by atoms with Crippen LogP contribution in [0, 0.1) is 0 Å². The summed E-state index contributed by atoms with van der Waals surface area (Å²) in [6, 6.07) is 18.5. The van der Waals surface area contributed by atoms with Gasteiger partial charge in [0, 0.05) is 29.6 Å². The fraction of sp³-hybridized carbons (Fsp3) is 0.185. The van der Waals surface area contributed by atoms with Gasteiger partial charge in [0.25, 0.3) is 5.91 Å². The van der Waals surface area contributed by atoms with Crippen molar-refractivity contribution < 1.29 is 23.8 Å². The minimum Gasteiger partial charge on any atom is -0.493 e. The van der Waals surface area contributed by atoms with Crippen LogP contribution in [0.1, 0.15) is 21.5 Å². The highest BCUT2D eigenvalue weighted by atomic mass is 16.6. The summed E-state index contributed by atoms with van der Waals surface area (Å²) < 4.78 is 16.6. The summed E-state index contributed by atoms with van der Waals surface area (Å²) in [6.07, 6.45) is 3.97. The van der Waals surface area contributed by atoms with E-state index in [0.717, 1.165) is 17.7 Å². The van der Waals surface area contributed by atoms with E-state index in [-0.39, 0.29) is 11.8 Å². The molecule has 2 aliphatic heterocycles. The first-order valence-corrected chi connectivity index (χ1v) is 11.1. The molecule has 0 spiro atoms. The minimum atomic E-state index is -0.290. The van der Waals surface area contributed by atoms with E-state index in [0.29, 0.717) is 48.3 Å². The Kier molecular flexibility index (Phi) is 5.91. The number of rotatable bonds is 5. The van der Waals surface area contributed by atoms with Crippen molar-refractivity contribution in [1.29, 1.82) is 0 Å². The van der Waals surface area contributed by atoms with Gasteiger partial charge >= 0.3 is 0 Å². The first-order chi connectivity index (χ1) is 16.6. The molecule has 7 nitrogen and oxygen atoms in total. The molecule has 0 unspecified atom stereocenters. The molecule has 5 rings (SSSR count). The van der Waals surface area contributed by atoms with Crippen LogP contribution in [0.5, 0.6) is 17.2 Å². The summed E-state index contributed by atoms with van der Waals surface area (Å²) in [4.78, 5) is 27.2. The number of nitrogens with one attached hydrogen (secondary N) is 1. The summed E-state index contributed by atoms with van der Waals surface area (Å²) in [6.45, 7) is 1.61. The second-order valence-corrected chi connectivity index (χ2v) is 7.98. The van der Waals surface area contributed by atoms with Crippen molar-refractivity contribution in [3.8, 4) is 17.2 Å². The smallest absolute Gasteiger partial charge is 0.258 e. The molecule has 1 N–H and O–H groups in total. The quantitative estimate of drug-likeness (QED) is 0.579. The number of hydrogen-bond donors (Lipinski definition) is 1. The van der Waals surface area contributed by atoms with Gasteiger partial charge in [-0.1, -0.05) is 18.2 Å². The van der Waals surface area contributed by atoms with Gasteiger partial charge in [0.05, 0.1) is 7.11 Å². The summed E-state index contributed by atoms with van der Waals surface area (Å²) in [7, 11) is 1.56. The van der Waals surface area contributed by atoms with E-state index in [1.807, 2.05) is 18.2 Å². The van der Waals surface area contributed by atoms with E-state index in [1.165, 1.54) is 11.6 Å². The van der Waals surface area contributed by atoms with Gasteiger partial charge in [-0.15, -0.1) is 0 Å². The standard InChI is InChI=1S/C27H24N2O5/c1-32-23-16-18(17-24-26(23)34-15-14-33-24)6-11-25(30)28-21-9-7-20(8-10-21)27(31)29-13-12-19-4-2-3-5-22(19)29/h2-11,16-17H,12-15H2,1H3,(H,28,30)/b11-6+. The molecule has 0 fully saturated rings. The van der Waals surface area contributed by atoms with Gasteiger partial charge in [0.15, 0.2) is 11.5 Å². The summed E-state index contributed by atoms with van der Waals surface area (Å²) in [5.74, 6) is 1.38. The SMILES string of the molecule is COc1cc(/C=C/C(=O)Nc2ccc(C(=O)N3CCc4ccccc43)cc2)cc2c1OCCO2. The molecular weight excluding hydrogens is 432 g/mol. The Morgan fingerprint density at radius 3 is 2.65 bits per heavy atom. The first-order valence-electron chi connectivity index (χ1n) is 11.1. The molecule has 0 bridgehead atoms. The molecule has 34 heavy (non-hydrogen) atoms. The molecule has 7 heteroatoms. The van der Waals surface area contributed by atoms with Gasteiger partial charge < -0.3 is 24.4 Å². The Morgan fingerprint density at radius 1 is 1.03 bits per heavy atom. The number of para-hydroxylation sites is 1. The second kappa shape index (κ2) is 9.31. The molecule has 0 saturated heterocycles. The number of fused-ring (bicyclic) bond motifs is 2. The molecular formula is C27H24N2O5. The number of nitrogens with zero attached hydrogens (tertiary/aromatic N) is 1. The maximum absolute atomic E-state index is 13.0. The van der Waals surface area contributed by atoms with E-state index < -0.39 is 0 Å². The van der Waals surface area contributed by atoms with E-state index in [4.69, 9.17) is 14.2 Å². The number of benzene rings is 3. The van der Waals surface area contributed by atoms with Crippen LogP contribution in [0.4, 0.5) is 11.4 Å². The Bertz CT molecular complexity index is 1250. The first kappa shape index (κ1) is 21.6. The number of anilines is 2. The Labute approximate surface area is 197 Å². The average molecular weight is 456 g/mol. The zero-order valence-corrected chi connectivity index (χ0v) is 18.7. The van der Waals surface area contributed by atoms with Crippen LogP contribution in [0.3, 0.4) is 0 Å². The molecule has 0 saturated carbocycles. The largest absolute Gasteiger partial charge is 0.493 e. The third-order valence-electron chi connectivity index (χ3n) is 5.81. The summed E-state index contributed by atoms with van der Waals surface area (Å²) in [5, 5.41) is 2.82. The molecule has 0 atom stereocenters. The molecule has 0 aliphatic carbocycles. The third-order valence-corrected chi connectivity index (χ3v) is 5.81. The highest BCUT2D eigenvalue weighted by Crippen LogP contribution is 2.40. The van der Waals surface area contributed by atoms with Crippen molar-refractivity contribution >= 4 is 29.3 Å². The van der Waals surface area contributed by atoms with Gasteiger partial charge in [-0.05, 0) is 66.1 Å². The molecule has 2 amide bonds. The van der Waals surface area contributed by atoms with Crippen molar-refractivity contribution in [2.45, 2.75) is 6.42 Å². The predicted molar refractivity (Wildman–Crippen MR) is 130 cm³/mol. The number of ether oxygens (including phenoxy) is 3. The van der Waals surface area contributed by atoms with Crippen LogP contribution in [0.15, 0.2) is 66.7 Å². The molecule has 3 aromatic rings. The normalized spacial score (nSPS) is 14.1. The number of carbonyl (C=O) groups excluding carboxylic acids is 2. The molecule has 2 aliphatic rings. The lowest BCUT2D eigenvalue weighted by atomic mass is 10.1. The lowest BCUT2D eigenvalue weighted by Crippen LogP contribution is -2.28. The molecule has 172 valence electrons. The van der Waals surface area contributed by atoms with Gasteiger partial charge in [-0.25, -0.2) is 0 Å². The average Bonchev–Trinajstić information content (AvgIpc) is 3.31. The third kappa shape index (κ3) is 4.32. The Hall–Kier alpha value is -4.26. The van der Waals surface area contributed by atoms with Crippen molar-refractivity contribution in [2.24, 2.45) is 0 Å². The van der Waals surface area contributed by atoms with Gasteiger partial charge in [-0.3, -0.25) is 9.59 Å². The van der Waals surface area contributed by atoms with Gasteiger partial charge in [-0.2, -0.15) is 0 Å². The molecule has 3 aromatic carbocycles. The van der Waals surface area contributed by atoms with Crippen LogP contribution in [-0.2, 0) is 11.2 Å². The van der Waals surface area contributed by atoms with Crippen LogP contribution in [0.25, 0.3) is 6.08 Å². The molecule has 0 radical (unpaired) electrons. The predicted octanol–water partition coefficient (Wildman–Crippen LogP) is 4.32. The van der Waals surface area contributed by atoms with Crippen LogP contribution in [0.2, 0.25) is 0 Å². The van der Waals surface area contributed by atoms with E-state index >= 15 is 0 Å². The van der Waals surface area contributed by atoms with E-state index in [1.54, 1.807) is 54.5 Å². The second-order valence-electron chi connectivity index (χ2n) is 7.98. The van der Waals surface area contributed by atoms with E-state index in [9.17, 15) is 9.59 Å². The number of hydrogen-bond acceptors (Lipinski definition) is 5. The zero-order valence-electron chi connectivity index (χ0n) is 18.7. The number of carbonyl (C=O) groups is 2. The van der Waals surface area contributed by atoms with E-state index in [2.05, 4.69) is 11.4 Å². The zero-order chi connectivity index (χ0) is 23.5. The van der Waals surface area contributed by atoms with Crippen molar-refractivity contribution in [3.63, 3.8) is 0 Å². The van der Waals surface area contributed by atoms with Crippen molar-refractivity contribution in [2.75, 3.05) is 37.1 Å². The molecule has 0 aromatic heterocycles. The summed E-state index contributed by atoms with van der Waals surface area (Å²) >= 11 is 0. The fourth-order valence-corrected chi connectivity index (χ4v) is 4.15. The highest BCUT2D eigenvalue weighted by molar-refractivity contribution is 6.08. The van der Waals surface area contributed by atoms with Crippen LogP contribution >= 0.6 is 0 Å². The Balaban J connectivity index is 1.24. The minimum absolute atomic E-state index is 0.0460. The van der Waals surface area contributed by atoms with Crippen molar-refractivity contribution in [3.05, 3.63) is 83.4 Å². The monoisotopic (exact) mass is 456 g/mol. The highest BCUT2D eigenvalue weighted by Gasteiger charge is 2.25. The maximum Gasteiger partial charge on any atom is 0.258 e. The summed E-state index contributed by atoms with van der Waals surface area (Å²) in [5.41, 5.74) is 4.08. The molecule has 2 heterocycles. The van der Waals surface area contributed by atoms with Crippen LogP contribution in [-0.4, -0.2) is 38.7 Å². The topological polar surface area (TPSA) is 77.1 Å².